The number of rotatable bonds is 5. The van der Waals surface area contributed by atoms with Crippen LogP contribution in [-0.4, -0.2) is 36.0 Å². The van der Waals surface area contributed by atoms with Crippen LogP contribution in [0.5, 0.6) is 5.88 Å². The first-order valence-electron chi connectivity index (χ1n) is 7.76. The molecule has 2 aliphatic rings. The van der Waals surface area contributed by atoms with Gasteiger partial charge in [-0.1, -0.05) is 19.4 Å². The molecular weight excluding hydrogens is 300 g/mol. The number of hydrogen-bond acceptors (Lipinski definition) is 7. The molecule has 124 valence electrons. The molecule has 0 aliphatic heterocycles. The van der Waals surface area contributed by atoms with Crippen molar-refractivity contribution in [2.45, 2.75) is 37.8 Å². The summed E-state index contributed by atoms with van der Waals surface area (Å²) in [5.41, 5.74) is 4.77. The van der Waals surface area contributed by atoms with E-state index < -0.39 is 29.1 Å². The summed E-state index contributed by atoms with van der Waals surface area (Å²) in [6.07, 6.45) is 5.30. The number of carbonyl (C=O) groups excluding carboxylic acids is 2. The Hall–Kier alpha value is -1.99. The first kappa shape index (κ1) is 15.9. The van der Waals surface area contributed by atoms with Crippen LogP contribution < -0.4 is 10.5 Å². The predicted molar refractivity (Wildman–Crippen MR) is 80.2 cm³/mol. The lowest BCUT2D eigenvalue weighted by Gasteiger charge is -2.42. The number of carbonyl (C=O) groups is 2. The number of nitrogens with two attached hydrogens (primary N) is 1. The molecule has 7 heteroatoms. The quantitative estimate of drug-likeness (QED) is 0.648. The van der Waals surface area contributed by atoms with E-state index >= 15 is 0 Å². The molecule has 3 rings (SSSR count). The van der Waals surface area contributed by atoms with Crippen LogP contribution in [0, 0.1) is 5.92 Å². The summed E-state index contributed by atoms with van der Waals surface area (Å²) in [7, 11) is 1.35. The number of hydrogen-bond donors (Lipinski definition) is 1. The first-order valence-corrected chi connectivity index (χ1v) is 7.76. The molecule has 2 aliphatic carbocycles. The van der Waals surface area contributed by atoms with Crippen molar-refractivity contribution >= 4 is 11.6 Å². The maximum absolute atomic E-state index is 13.1. The highest BCUT2D eigenvalue weighted by molar-refractivity contribution is 6.23. The van der Waals surface area contributed by atoms with E-state index in [-0.39, 0.29) is 17.2 Å². The Kier molecular flexibility index (Phi) is 4.08. The fourth-order valence-corrected chi connectivity index (χ4v) is 3.32. The normalized spacial score (nSPS) is 29.3. The van der Waals surface area contributed by atoms with Gasteiger partial charge in [0.15, 0.2) is 17.1 Å². The zero-order valence-corrected chi connectivity index (χ0v) is 13.2. The number of aromatic nitrogens is 1. The Bertz CT molecular complexity index is 665. The highest BCUT2D eigenvalue weighted by Crippen LogP contribution is 2.48. The van der Waals surface area contributed by atoms with E-state index in [0.717, 1.165) is 12.8 Å². The number of fused-ring (bicyclic) bond motifs is 2. The third kappa shape index (κ3) is 2.14. The number of unbranched alkanes of at least 4 members (excludes halogenated alkanes) is 1. The Morgan fingerprint density at radius 1 is 1.48 bits per heavy atom. The zero-order valence-electron chi connectivity index (χ0n) is 13.2. The highest BCUT2D eigenvalue weighted by Gasteiger charge is 2.61. The van der Waals surface area contributed by atoms with Crippen molar-refractivity contribution in [2.75, 3.05) is 13.7 Å². The molecule has 0 radical (unpaired) electrons. The molecule has 0 fully saturated rings. The largest absolute Gasteiger partial charge is 0.475 e. The van der Waals surface area contributed by atoms with Crippen molar-refractivity contribution in [1.82, 2.24) is 5.16 Å². The minimum absolute atomic E-state index is 0.0890. The van der Waals surface area contributed by atoms with Crippen molar-refractivity contribution in [3.8, 4) is 5.88 Å². The van der Waals surface area contributed by atoms with Gasteiger partial charge in [-0.05, 0) is 24.1 Å². The van der Waals surface area contributed by atoms with E-state index in [1.807, 2.05) is 6.92 Å². The van der Waals surface area contributed by atoms with Gasteiger partial charge in [0.05, 0.1) is 12.6 Å². The molecule has 3 atom stereocenters. The van der Waals surface area contributed by atoms with Crippen LogP contribution in [-0.2, 0) is 9.53 Å². The average Bonchev–Trinajstić information content (AvgIpc) is 2.97. The van der Waals surface area contributed by atoms with Crippen molar-refractivity contribution in [1.29, 1.82) is 0 Å². The van der Waals surface area contributed by atoms with E-state index in [1.54, 1.807) is 6.08 Å². The van der Waals surface area contributed by atoms with Gasteiger partial charge in [0.2, 0.25) is 5.78 Å². The summed E-state index contributed by atoms with van der Waals surface area (Å²) < 4.78 is 16.2. The van der Waals surface area contributed by atoms with Gasteiger partial charge in [-0.15, -0.1) is 0 Å². The predicted octanol–water partition coefficient (Wildman–Crippen LogP) is 1.58. The molecule has 1 aromatic rings. The summed E-state index contributed by atoms with van der Waals surface area (Å²) in [4.78, 5) is 25.5. The van der Waals surface area contributed by atoms with Gasteiger partial charge in [0, 0.05) is 13.0 Å². The number of ether oxygens (including phenoxy) is 2. The minimum atomic E-state index is -1.62. The van der Waals surface area contributed by atoms with Gasteiger partial charge in [-0.2, -0.15) is 0 Å². The molecule has 0 bridgehead atoms. The van der Waals surface area contributed by atoms with Crippen LogP contribution in [0.1, 0.15) is 48.3 Å². The van der Waals surface area contributed by atoms with Gasteiger partial charge < -0.3 is 19.7 Å². The van der Waals surface area contributed by atoms with Gasteiger partial charge in [0.1, 0.15) is 5.56 Å². The fraction of sp³-hybridized carbons (Fsp3) is 0.562. The van der Waals surface area contributed by atoms with Crippen molar-refractivity contribution in [3.63, 3.8) is 0 Å². The molecule has 23 heavy (non-hydrogen) atoms. The third-order valence-corrected chi connectivity index (χ3v) is 4.59. The summed E-state index contributed by atoms with van der Waals surface area (Å²) in [6, 6.07) is -0.660. The van der Waals surface area contributed by atoms with E-state index in [1.165, 1.54) is 13.2 Å². The molecular formula is C16H20N2O5. The van der Waals surface area contributed by atoms with Crippen LogP contribution in [0.2, 0.25) is 0 Å². The Balaban J connectivity index is 2.06. The molecule has 0 unspecified atom stereocenters. The second kappa shape index (κ2) is 5.90. The molecule has 1 heterocycles. The van der Waals surface area contributed by atoms with Crippen molar-refractivity contribution in [2.24, 2.45) is 11.7 Å². The molecule has 0 amide bonds. The smallest absolute Gasteiger partial charge is 0.265 e. The van der Waals surface area contributed by atoms with E-state index in [4.69, 9.17) is 19.7 Å². The summed E-state index contributed by atoms with van der Waals surface area (Å²) in [6.45, 7) is 2.44. The summed E-state index contributed by atoms with van der Waals surface area (Å²) >= 11 is 0. The Morgan fingerprint density at radius 2 is 2.26 bits per heavy atom. The molecule has 0 aromatic carbocycles. The lowest BCUT2D eigenvalue weighted by atomic mass is 9.65. The first-order chi connectivity index (χ1) is 11.1. The van der Waals surface area contributed by atoms with Crippen LogP contribution in [0.15, 0.2) is 16.7 Å². The fourth-order valence-electron chi connectivity index (χ4n) is 3.32. The number of nitrogens with zero attached hydrogens (tertiary/aromatic N) is 1. The number of ketones is 2. The Labute approximate surface area is 133 Å². The van der Waals surface area contributed by atoms with Crippen molar-refractivity contribution < 1.29 is 23.6 Å². The second-order valence-electron chi connectivity index (χ2n) is 5.83. The van der Waals surface area contributed by atoms with E-state index in [0.29, 0.717) is 13.0 Å². The standard InChI is InChI=1S/C16H20N2O5/c1-3-4-8-22-15-11-13(23-18-15)12(17)9-6-5-7-10(19)16(9,21-2)14(11)20/h5,7,9,12H,3-4,6,8,17H2,1-2H3/t9-,12-,16-/m0/s1. The SMILES string of the molecule is CCCCOc1noc2c1C(=O)[C@@]1(OC)C(=O)C=CC[C@H]1[C@@H]2N. The molecule has 1 aromatic heterocycles. The third-order valence-electron chi connectivity index (χ3n) is 4.59. The number of Topliss-reactive ketones (excluding diaryl/α,β-unsaturated/α-hetero) is 1. The second-order valence-corrected chi connectivity index (χ2v) is 5.83. The highest BCUT2D eigenvalue weighted by atomic mass is 16.5. The molecule has 0 saturated carbocycles. The molecule has 2 N–H and O–H groups in total. The Morgan fingerprint density at radius 3 is 2.96 bits per heavy atom. The van der Waals surface area contributed by atoms with Crippen LogP contribution in [0.3, 0.4) is 0 Å². The van der Waals surface area contributed by atoms with Gasteiger partial charge in [0.25, 0.3) is 5.88 Å². The maximum Gasteiger partial charge on any atom is 0.265 e. The minimum Gasteiger partial charge on any atom is -0.475 e. The molecule has 0 spiro atoms. The summed E-state index contributed by atoms with van der Waals surface area (Å²) in [5, 5.41) is 3.83. The van der Waals surface area contributed by atoms with Gasteiger partial charge in [-0.3, -0.25) is 9.59 Å². The maximum atomic E-state index is 13.1. The van der Waals surface area contributed by atoms with Crippen molar-refractivity contribution in [3.05, 3.63) is 23.5 Å². The van der Waals surface area contributed by atoms with Crippen LogP contribution in [0.25, 0.3) is 0 Å². The topological polar surface area (TPSA) is 105 Å². The number of allylic oxidation sites excluding steroid dienone is 1. The van der Waals surface area contributed by atoms with E-state index in [2.05, 4.69) is 5.16 Å². The van der Waals surface area contributed by atoms with Gasteiger partial charge in [-0.25, -0.2) is 0 Å². The zero-order chi connectivity index (χ0) is 16.6. The molecule has 0 saturated heterocycles. The van der Waals surface area contributed by atoms with Crippen LogP contribution in [0.4, 0.5) is 0 Å². The monoisotopic (exact) mass is 320 g/mol. The lowest BCUT2D eigenvalue weighted by Crippen LogP contribution is -2.60. The summed E-state index contributed by atoms with van der Waals surface area (Å²) in [5.74, 6) is -1.04. The lowest BCUT2D eigenvalue weighted by molar-refractivity contribution is -0.139. The molecule has 7 nitrogen and oxygen atoms in total. The van der Waals surface area contributed by atoms with Crippen LogP contribution >= 0.6 is 0 Å². The average molecular weight is 320 g/mol. The number of methoxy groups -OCH3 is 1. The van der Waals surface area contributed by atoms with E-state index in [9.17, 15) is 9.59 Å². The van der Waals surface area contributed by atoms with Gasteiger partial charge >= 0.3 is 0 Å².